The fraction of sp³-hybridized carbons (Fsp3) is 0.571. The summed E-state index contributed by atoms with van der Waals surface area (Å²) in [5.74, 6) is 0.160. The molecule has 0 spiro atoms. The summed E-state index contributed by atoms with van der Waals surface area (Å²) in [5, 5.41) is 3.79. The Morgan fingerprint density at radius 3 is 3.20 bits per heavy atom. The summed E-state index contributed by atoms with van der Waals surface area (Å²) in [6.45, 7) is 2.86. The zero-order valence-corrected chi connectivity index (χ0v) is 12.1. The van der Waals surface area contributed by atoms with Gasteiger partial charge in [-0.15, -0.1) is 0 Å². The van der Waals surface area contributed by atoms with Gasteiger partial charge in [-0.2, -0.15) is 0 Å². The first kappa shape index (κ1) is 13.9. The molecule has 1 aromatic carbocycles. The Bertz CT molecular complexity index is 500. The molecular weight excluding hydrogens is 283 g/mol. The predicted octanol–water partition coefficient (Wildman–Crippen LogP) is 2.05. The van der Waals surface area contributed by atoms with Gasteiger partial charge in [-0.3, -0.25) is 0 Å². The number of methoxy groups -OCH3 is 1. The second-order valence-electron chi connectivity index (χ2n) is 5.19. The van der Waals surface area contributed by atoms with Crippen LogP contribution in [-0.4, -0.2) is 45.5 Å². The zero-order chi connectivity index (χ0) is 14.1. The van der Waals surface area contributed by atoms with E-state index in [9.17, 15) is 4.39 Å². The summed E-state index contributed by atoms with van der Waals surface area (Å²) >= 11 is 6.21. The normalized spacial score (nSPS) is 25.4. The fourth-order valence-corrected chi connectivity index (χ4v) is 3.17. The Kier molecular flexibility index (Phi) is 4.01. The van der Waals surface area contributed by atoms with Gasteiger partial charge < -0.3 is 19.7 Å². The minimum Gasteiger partial charge on any atom is -0.484 e. The summed E-state index contributed by atoms with van der Waals surface area (Å²) in [5.41, 5.74) is 0.489. The third-order valence-corrected chi connectivity index (χ3v) is 4.14. The number of rotatable bonds is 2. The number of ether oxygens (including phenoxy) is 2. The predicted molar refractivity (Wildman–Crippen MR) is 76.3 cm³/mol. The number of halogens is 2. The minimum absolute atomic E-state index is 0.118. The lowest BCUT2D eigenvalue weighted by molar-refractivity contribution is 0.0745. The molecule has 20 heavy (non-hydrogen) atoms. The summed E-state index contributed by atoms with van der Waals surface area (Å²) in [6, 6.07) is 3.14. The number of nitrogens with one attached hydrogen (secondary N) is 1. The molecule has 0 bridgehead atoms. The topological polar surface area (TPSA) is 33.7 Å². The Balaban J connectivity index is 2.05. The van der Waals surface area contributed by atoms with Gasteiger partial charge in [-0.25, -0.2) is 4.39 Å². The first-order valence-corrected chi connectivity index (χ1v) is 7.19. The zero-order valence-electron chi connectivity index (χ0n) is 11.4. The molecule has 2 atom stereocenters. The van der Waals surface area contributed by atoms with Crippen LogP contribution in [0.15, 0.2) is 12.1 Å². The van der Waals surface area contributed by atoms with Crippen LogP contribution in [0.25, 0.3) is 0 Å². The van der Waals surface area contributed by atoms with E-state index in [4.69, 9.17) is 21.1 Å². The number of hydrogen-bond acceptors (Lipinski definition) is 4. The first-order chi connectivity index (χ1) is 9.70. The Hall–Kier alpha value is -1.04. The van der Waals surface area contributed by atoms with Gasteiger partial charge in [0.1, 0.15) is 17.6 Å². The second kappa shape index (κ2) is 5.76. The summed E-state index contributed by atoms with van der Waals surface area (Å²) in [6.07, 6.45) is 0.665. The van der Waals surface area contributed by atoms with E-state index in [2.05, 4.69) is 10.2 Å². The molecule has 1 fully saturated rings. The summed E-state index contributed by atoms with van der Waals surface area (Å²) in [4.78, 5) is 2.07. The third-order valence-electron chi connectivity index (χ3n) is 3.84. The van der Waals surface area contributed by atoms with Gasteiger partial charge in [0.15, 0.2) is 5.75 Å². The van der Waals surface area contributed by atoms with Gasteiger partial charge in [0, 0.05) is 39.2 Å². The van der Waals surface area contributed by atoms with Crippen molar-refractivity contribution in [3.63, 3.8) is 0 Å². The lowest BCUT2D eigenvalue weighted by Crippen LogP contribution is -2.52. The molecule has 2 heterocycles. The van der Waals surface area contributed by atoms with E-state index in [1.165, 1.54) is 6.07 Å². The number of hydrogen-bond donors (Lipinski definition) is 1. The number of nitrogens with zero attached hydrogens (tertiary/aromatic N) is 1. The van der Waals surface area contributed by atoms with Crippen molar-refractivity contribution >= 4 is 17.3 Å². The SMILES string of the molecule is COC[C@@H]1C[C@@H]2CNCCN2c2c(F)ccc(Cl)c2O1. The summed E-state index contributed by atoms with van der Waals surface area (Å²) in [7, 11) is 1.64. The number of anilines is 1. The van der Waals surface area contributed by atoms with Crippen molar-refractivity contribution in [3.05, 3.63) is 23.0 Å². The maximum Gasteiger partial charge on any atom is 0.164 e. The van der Waals surface area contributed by atoms with Crippen molar-refractivity contribution in [3.8, 4) is 5.75 Å². The Morgan fingerprint density at radius 2 is 2.40 bits per heavy atom. The molecule has 0 amide bonds. The van der Waals surface area contributed by atoms with Crippen LogP contribution in [0.5, 0.6) is 5.75 Å². The van der Waals surface area contributed by atoms with Crippen molar-refractivity contribution in [2.45, 2.75) is 18.6 Å². The van der Waals surface area contributed by atoms with Crippen LogP contribution >= 0.6 is 11.6 Å². The van der Waals surface area contributed by atoms with E-state index in [0.717, 1.165) is 26.1 Å². The molecule has 4 nitrogen and oxygen atoms in total. The molecule has 1 saturated heterocycles. The molecule has 0 unspecified atom stereocenters. The highest BCUT2D eigenvalue weighted by atomic mass is 35.5. The highest BCUT2D eigenvalue weighted by Crippen LogP contribution is 2.42. The van der Waals surface area contributed by atoms with Crippen molar-refractivity contribution < 1.29 is 13.9 Å². The maximum absolute atomic E-state index is 14.3. The smallest absolute Gasteiger partial charge is 0.164 e. The van der Waals surface area contributed by atoms with Crippen molar-refractivity contribution in [1.29, 1.82) is 0 Å². The number of fused-ring (bicyclic) bond motifs is 3. The average molecular weight is 301 g/mol. The van der Waals surface area contributed by atoms with Gasteiger partial charge in [0.2, 0.25) is 0 Å². The third kappa shape index (κ3) is 2.45. The molecule has 110 valence electrons. The number of benzene rings is 1. The molecule has 6 heteroatoms. The standard InChI is InChI=1S/C14H18ClFN2O2/c1-19-8-10-6-9-7-17-4-5-18(9)13-12(16)3-2-11(15)14(13)20-10/h2-3,9-10,17H,4-8H2,1H3/t9-,10+/m1/s1. The van der Waals surface area contributed by atoms with Crippen molar-refractivity contribution in [1.82, 2.24) is 5.32 Å². The fourth-order valence-electron chi connectivity index (χ4n) is 2.97. The molecule has 1 N–H and O–H groups in total. The molecular formula is C14H18ClFN2O2. The molecule has 2 aliphatic rings. The van der Waals surface area contributed by atoms with Crippen molar-refractivity contribution in [2.24, 2.45) is 0 Å². The molecule has 0 saturated carbocycles. The monoisotopic (exact) mass is 300 g/mol. The highest BCUT2D eigenvalue weighted by Gasteiger charge is 2.34. The van der Waals surface area contributed by atoms with Gasteiger partial charge >= 0.3 is 0 Å². The minimum atomic E-state index is -0.283. The Labute approximate surface area is 122 Å². The first-order valence-electron chi connectivity index (χ1n) is 6.81. The van der Waals surface area contributed by atoms with Crippen LogP contribution in [0.2, 0.25) is 5.02 Å². The van der Waals surface area contributed by atoms with Crippen LogP contribution in [0.3, 0.4) is 0 Å². The largest absolute Gasteiger partial charge is 0.484 e. The van der Waals surface area contributed by atoms with E-state index < -0.39 is 0 Å². The summed E-state index contributed by atoms with van der Waals surface area (Å²) < 4.78 is 25.4. The van der Waals surface area contributed by atoms with Crippen LogP contribution in [0.4, 0.5) is 10.1 Å². The average Bonchev–Trinajstić information content (AvgIpc) is 2.61. The van der Waals surface area contributed by atoms with E-state index in [-0.39, 0.29) is 18.0 Å². The lowest BCUT2D eigenvalue weighted by Gasteiger charge is -2.37. The molecule has 1 aromatic rings. The van der Waals surface area contributed by atoms with E-state index in [1.807, 2.05) is 0 Å². The molecule has 3 rings (SSSR count). The van der Waals surface area contributed by atoms with Gasteiger partial charge in [-0.1, -0.05) is 11.6 Å². The quantitative estimate of drug-likeness (QED) is 0.906. The van der Waals surface area contributed by atoms with Crippen LogP contribution in [0.1, 0.15) is 6.42 Å². The van der Waals surface area contributed by atoms with E-state index in [0.29, 0.717) is 23.1 Å². The van der Waals surface area contributed by atoms with Gasteiger partial charge in [0.05, 0.1) is 11.6 Å². The van der Waals surface area contributed by atoms with Crippen LogP contribution in [0, 0.1) is 5.82 Å². The Morgan fingerprint density at radius 1 is 1.55 bits per heavy atom. The van der Waals surface area contributed by atoms with Crippen LogP contribution < -0.4 is 15.0 Å². The van der Waals surface area contributed by atoms with E-state index in [1.54, 1.807) is 13.2 Å². The molecule has 0 radical (unpaired) electrons. The molecule has 0 aliphatic carbocycles. The van der Waals surface area contributed by atoms with Gasteiger partial charge in [0.25, 0.3) is 0 Å². The molecule has 2 aliphatic heterocycles. The lowest BCUT2D eigenvalue weighted by atomic mass is 10.1. The van der Waals surface area contributed by atoms with Crippen LogP contribution in [-0.2, 0) is 4.74 Å². The second-order valence-corrected chi connectivity index (χ2v) is 5.60. The van der Waals surface area contributed by atoms with Gasteiger partial charge in [-0.05, 0) is 12.1 Å². The highest BCUT2D eigenvalue weighted by molar-refractivity contribution is 6.32. The van der Waals surface area contributed by atoms with E-state index >= 15 is 0 Å². The maximum atomic E-state index is 14.3. The molecule has 0 aromatic heterocycles. The van der Waals surface area contributed by atoms with Crippen molar-refractivity contribution in [2.75, 3.05) is 38.3 Å². The number of piperazine rings is 1.